The minimum atomic E-state index is -0.691. The topological polar surface area (TPSA) is 83.5 Å². The molecule has 0 bridgehead atoms. The fraction of sp³-hybridized carbons (Fsp3) is 0.391. The van der Waals surface area contributed by atoms with Crippen LogP contribution in [0, 0.1) is 0 Å². The summed E-state index contributed by atoms with van der Waals surface area (Å²) in [7, 11) is 7.50. The van der Waals surface area contributed by atoms with Crippen LogP contribution in [0.3, 0.4) is 0 Å². The van der Waals surface area contributed by atoms with Crippen LogP contribution in [-0.2, 0) is 14.3 Å². The number of ether oxygens (including phenoxy) is 5. The maximum Gasteiger partial charge on any atom is 0.328 e. The lowest BCUT2D eigenvalue weighted by Gasteiger charge is -2.33. The van der Waals surface area contributed by atoms with E-state index in [9.17, 15) is 9.59 Å². The number of hydrogen-bond donors (Lipinski definition) is 0. The third kappa shape index (κ3) is 4.23. The molecule has 0 aliphatic carbocycles. The number of esters is 1. The molecule has 1 heterocycles. The van der Waals surface area contributed by atoms with Crippen molar-refractivity contribution >= 4 is 11.9 Å². The number of likely N-dealkylation sites (tertiary alicyclic amines) is 1. The van der Waals surface area contributed by atoms with Crippen LogP contribution in [0.15, 0.2) is 36.4 Å². The molecule has 0 unspecified atom stereocenters. The average Bonchev–Trinajstić information content (AvgIpc) is 3.19. The van der Waals surface area contributed by atoms with Gasteiger partial charge in [-0.2, -0.15) is 0 Å². The number of benzene rings is 2. The first kappa shape index (κ1) is 22.3. The van der Waals surface area contributed by atoms with Crippen LogP contribution in [0.5, 0.6) is 23.0 Å². The molecular weight excluding hydrogens is 402 g/mol. The van der Waals surface area contributed by atoms with E-state index >= 15 is 0 Å². The summed E-state index contributed by atoms with van der Waals surface area (Å²) in [5.74, 6) is 1.46. The predicted molar refractivity (Wildman–Crippen MR) is 113 cm³/mol. The van der Waals surface area contributed by atoms with E-state index < -0.39 is 18.1 Å². The second kappa shape index (κ2) is 9.59. The Morgan fingerprint density at radius 1 is 0.903 bits per heavy atom. The molecule has 0 N–H and O–H groups in total. The Balaban J connectivity index is 2.21. The van der Waals surface area contributed by atoms with Gasteiger partial charge in [0.25, 0.3) is 0 Å². The van der Waals surface area contributed by atoms with Crippen molar-refractivity contribution in [2.75, 3.05) is 35.5 Å². The largest absolute Gasteiger partial charge is 0.497 e. The van der Waals surface area contributed by atoms with Crippen molar-refractivity contribution in [2.24, 2.45) is 0 Å². The maximum absolute atomic E-state index is 13.0. The molecule has 31 heavy (non-hydrogen) atoms. The van der Waals surface area contributed by atoms with E-state index in [0.29, 0.717) is 35.0 Å². The van der Waals surface area contributed by atoms with Crippen LogP contribution in [0.4, 0.5) is 0 Å². The average molecular weight is 429 g/mol. The number of hydrogen-bond acceptors (Lipinski definition) is 7. The molecule has 1 aliphatic rings. The van der Waals surface area contributed by atoms with Gasteiger partial charge in [0.1, 0.15) is 11.8 Å². The number of carbonyl (C=O) groups is 2. The van der Waals surface area contributed by atoms with Crippen molar-refractivity contribution in [3.05, 3.63) is 47.5 Å². The smallest absolute Gasteiger partial charge is 0.328 e. The van der Waals surface area contributed by atoms with Crippen molar-refractivity contribution in [3.63, 3.8) is 0 Å². The highest BCUT2D eigenvalue weighted by atomic mass is 16.5. The van der Waals surface area contributed by atoms with Gasteiger partial charge in [0.2, 0.25) is 11.7 Å². The molecule has 1 amide bonds. The lowest BCUT2D eigenvalue weighted by molar-refractivity contribution is -0.150. The zero-order valence-corrected chi connectivity index (χ0v) is 18.3. The Labute approximate surface area is 181 Å². The number of amides is 1. The molecule has 0 radical (unpaired) electrons. The van der Waals surface area contributed by atoms with Crippen molar-refractivity contribution in [1.82, 2.24) is 4.90 Å². The molecule has 2 aromatic carbocycles. The normalized spacial score (nSPS) is 16.6. The number of methoxy groups -OCH3 is 5. The highest BCUT2D eigenvalue weighted by Gasteiger charge is 2.42. The molecular formula is C23H27NO7. The Kier molecular flexibility index (Phi) is 6.89. The molecule has 2 aromatic rings. The molecule has 0 saturated carbocycles. The molecule has 8 heteroatoms. The quantitative estimate of drug-likeness (QED) is 0.597. The molecule has 0 spiro atoms. The van der Waals surface area contributed by atoms with Gasteiger partial charge in [-0.15, -0.1) is 0 Å². The second-order valence-electron chi connectivity index (χ2n) is 7.01. The number of rotatable bonds is 8. The highest BCUT2D eigenvalue weighted by Crippen LogP contribution is 2.44. The fourth-order valence-corrected chi connectivity index (χ4v) is 3.95. The van der Waals surface area contributed by atoms with E-state index in [2.05, 4.69) is 0 Å². The van der Waals surface area contributed by atoms with Gasteiger partial charge in [0, 0.05) is 6.42 Å². The van der Waals surface area contributed by atoms with Crippen molar-refractivity contribution in [1.29, 1.82) is 0 Å². The third-order valence-corrected chi connectivity index (χ3v) is 5.44. The third-order valence-electron chi connectivity index (χ3n) is 5.44. The highest BCUT2D eigenvalue weighted by molar-refractivity contribution is 5.89. The Hall–Kier alpha value is -3.42. The van der Waals surface area contributed by atoms with Crippen LogP contribution in [0.1, 0.15) is 30.0 Å². The van der Waals surface area contributed by atoms with Crippen molar-refractivity contribution in [2.45, 2.75) is 24.9 Å². The van der Waals surface area contributed by atoms with Gasteiger partial charge in [-0.05, 0) is 41.8 Å². The van der Waals surface area contributed by atoms with Crippen LogP contribution >= 0.6 is 0 Å². The van der Waals surface area contributed by atoms with Crippen molar-refractivity contribution < 1.29 is 33.3 Å². The Morgan fingerprint density at radius 3 is 2.00 bits per heavy atom. The van der Waals surface area contributed by atoms with E-state index in [4.69, 9.17) is 23.7 Å². The van der Waals surface area contributed by atoms with Crippen LogP contribution in [-0.4, -0.2) is 58.4 Å². The summed E-state index contributed by atoms with van der Waals surface area (Å²) in [6.07, 6.45) is 0.652. The van der Waals surface area contributed by atoms with Crippen LogP contribution in [0.2, 0.25) is 0 Å². The van der Waals surface area contributed by atoms with Gasteiger partial charge >= 0.3 is 5.97 Å². The van der Waals surface area contributed by atoms with E-state index in [0.717, 1.165) is 5.56 Å². The summed E-state index contributed by atoms with van der Waals surface area (Å²) in [6, 6.07) is 9.68. The Bertz CT molecular complexity index is 916. The van der Waals surface area contributed by atoms with Gasteiger partial charge in [-0.1, -0.05) is 12.1 Å². The van der Waals surface area contributed by atoms with Gasteiger partial charge in [-0.3, -0.25) is 4.79 Å². The summed E-state index contributed by atoms with van der Waals surface area (Å²) in [6.45, 7) is 0. The first-order valence-corrected chi connectivity index (χ1v) is 9.81. The standard InChI is InChI=1S/C23H27NO7/c1-27-16-8-6-14(7-9-16)21(24-17(23(26)31-5)10-11-20(24)25)15-12-18(28-2)22(30-4)19(13-15)29-3/h6-9,12-13,17,21H,10-11H2,1-5H3/t17-,21-/m1/s1. The number of carbonyl (C=O) groups excluding carboxylic acids is 2. The van der Waals surface area contributed by atoms with Crippen LogP contribution in [0.25, 0.3) is 0 Å². The summed E-state index contributed by atoms with van der Waals surface area (Å²) in [5, 5.41) is 0. The zero-order valence-electron chi connectivity index (χ0n) is 18.3. The number of nitrogens with zero attached hydrogens (tertiary/aromatic N) is 1. The summed E-state index contributed by atoms with van der Waals surface area (Å²) in [4.78, 5) is 27.0. The minimum absolute atomic E-state index is 0.134. The van der Waals surface area contributed by atoms with E-state index in [1.807, 2.05) is 24.3 Å². The second-order valence-corrected chi connectivity index (χ2v) is 7.01. The molecule has 2 atom stereocenters. The first-order valence-electron chi connectivity index (χ1n) is 9.81. The monoisotopic (exact) mass is 429 g/mol. The van der Waals surface area contributed by atoms with E-state index in [1.54, 1.807) is 24.1 Å². The molecule has 166 valence electrons. The fourth-order valence-electron chi connectivity index (χ4n) is 3.95. The van der Waals surface area contributed by atoms with E-state index in [1.165, 1.54) is 28.4 Å². The summed E-state index contributed by atoms with van der Waals surface area (Å²) < 4.78 is 26.7. The van der Waals surface area contributed by atoms with Crippen molar-refractivity contribution in [3.8, 4) is 23.0 Å². The predicted octanol–water partition coefficient (Wildman–Crippen LogP) is 2.97. The van der Waals surface area contributed by atoms with E-state index in [-0.39, 0.29) is 12.3 Å². The van der Waals surface area contributed by atoms with Gasteiger partial charge in [0.05, 0.1) is 41.6 Å². The SMILES string of the molecule is COC(=O)[C@H]1CCC(=O)N1[C@H](c1ccc(OC)cc1)c1cc(OC)c(OC)c(OC)c1. The molecule has 0 aromatic heterocycles. The van der Waals surface area contributed by atoms with Gasteiger partial charge < -0.3 is 28.6 Å². The van der Waals surface area contributed by atoms with Gasteiger partial charge in [-0.25, -0.2) is 4.79 Å². The molecule has 8 nitrogen and oxygen atoms in total. The Morgan fingerprint density at radius 2 is 1.52 bits per heavy atom. The molecule has 1 aliphatic heterocycles. The summed E-state index contributed by atoms with van der Waals surface area (Å²) >= 11 is 0. The summed E-state index contributed by atoms with van der Waals surface area (Å²) in [5.41, 5.74) is 1.52. The van der Waals surface area contributed by atoms with Gasteiger partial charge in [0.15, 0.2) is 11.5 Å². The maximum atomic E-state index is 13.0. The van der Waals surface area contributed by atoms with Crippen LogP contribution < -0.4 is 18.9 Å². The zero-order chi connectivity index (χ0) is 22.5. The molecule has 1 saturated heterocycles. The molecule has 3 rings (SSSR count). The first-order chi connectivity index (χ1) is 15.0. The lowest BCUT2D eigenvalue weighted by atomic mass is 9.95. The molecule has 1 fully saturated rings. The minimum Gasteiger partial charge on any atom is -0.497 e. The lowest BCUT2D eigenvalue weighted by Crippen LogP contribution is -2.42.